The van der Waals surface area contributed by atoms with E-state index in [4.69, 9.17) is 0 Å². The molecule has 4 heterocycles. The highest BCUT2D eigenvalue weighted by atomic mass is 32.1. The molecule has 3 aliphatic heterocycles. The number of aliphatic hydroxyl groups excluding tert-OH is 1. The third kappa shape index (κ3) is 4.44. The highest BCUT2D eigenvalue weighted by molar-refractivity contribution is 7.13. The zero-order chi connectivity index (χ0) is 22.8. The molecule has 1 aromatic rings. The van der Waals surface area contributed by atoms with Gasteiger partial charge in [-0.3, -0.25) is 24.0 Å². The number of rotatable bonds is 5. The Hall–Kier alpha value is -3.05. The fourth-order valence-electron chi connectivity index (χ4n) is 4.28. The van der Waals surface area contributed by atoms with Gasteiger partial charge in [0.1, 0.15) is 18.1 Å². The second-order valence-electron chi connectivity index (χ2n) is 7.97. The molecular formula is C21H23N3O7S. The predicted molar refractivity (Wildman–Crippen MR) is 111 cm³/mol. The SMILES string of the molecule is O=C1CC(NC(=O)[C@@H]2CC[C@H]3CC=CC[C@H](NC(=O)C(=O)c4cccs4)C(=O)N32)C(O)O1. The molecule has 2 fully saturated rings. The maximum absolute atomic E-state index is 13.4. The number of cyclic esters (lactones) is 1. The summed E-state index contributed by atoms with van der Waals surface area (Å²) in [5.74, 6) is -3.14. The van der Waals surface area contributed by atoms with E-state index in [1.54, 1.807) is 17.5 Å². The summed E-state index contributed by atoms with van der Waals surface area (Å²) in [6, 6.07) is 0.295. The molecule has 0 radical (unpaired) electrons. The lowest BCUT2D eigenvalue weighted by Gasteiger charge is -2.34. The topological polar surface area (TPSA) is 142 Å². The van der Waals surface area contributed by atoms with E-state index in [9.17, 15) is 29.1 Å². The molecule has 5 atom stereocenters. The largest absolute Gasteiger partial charge is 0.434 e. The van der Waals surface area contributed by atoms with E-state index in [0.717, 1.165) is 11.3 Å². The Bertz CT molecular complexity index is 961. The van der Waals surface area contributed by atoms with Crippen LogP contribution in [-0.4, -0.2) is 69.9 Å². The van der Waals surface area contributed by atoms with Gasteiger partial charge in [-0.2, -0.15) is 0 Å². The number of aliphatic hydroxyl groups is 1. The minimum absolute atomic E-state index is 0.150. The van der Waals surface area contributed by atoms with E-state index in [-0.39, 0.29) is 23.8 Å². The zero-order valence-electron chi connectivity index (χ0n) is 17.1. The van der Waals surface area contributed by atoms with Crippen LogP contribution in [0.15, 0.2) is 29.7 Å². The van der Waals surface area contributed by atoms with Crippen molar-refractivity contribution in [3.63, 3.8) is 0 Å². The summed E-state index contributed by atoms with van der Waals surface area (Å²) < 4.78 is 4.65. The number of ketones is 1. The molecule has 10 nitrogen and oxygen atoms in total. The average molecular weight is 461 g/mol. The van der Waals surface area contributed by atoms with Crippen LogP contribution in [0.3, 0.4) is 0 Å². The van der Waals surface area contributed by atoms with Crippen LogP contribution in [0.4, 0.5) is 0 Å². The first-order valence-corrected chi connectivity index (χ1v) is 11.3. The van der Waals surface area contributed by atoms with E-state index in [2.05, 4.69) is 15.4 Å². The number of carbonyl (C=O) groups excluding carboxylic acids is 5. The van der Waals surface area contributed by atoms with Gasteiger partial charge in [0, 0.05) is 6.04 Å². The van der Waals surface area contributed by atoms with Gasteiger partial charge in [-0.15, -0.1) is 11.3 Å². The summed E-state index contributed by atoms with van der Waals surface area (Å²) in [7, 11) is 0. The normalized spacial score (nSPS) is 29.7. The molecule has 3 amide bonds. The van der Waals surface area contributed by atoms with E-state index < -0.39 is 53.9 Å². The Kier molecular flexibility index (Phi) is 6.38. The third-order valence-corrected chi connectivity index (χ3v) is 6.74. The van der Waals surface area contributed by atoms with E-state index in [1.165, 1.54) is 11.0 Å². The number of nitrogens with one attached hydrogen (secondary N) is 2. The second-order valence-corrected chi connectivity index (χ2v) is 8.92. The van der Waals surface area contributed by atoms with Gasteiger partial charge in [0.2, 0.25) is 18.1 Å². The van der Waals surface area contributed by atoms with Crippen molar-refractivity contribution in [2.45, 2.75) is 62.6 Å². The maximum atomic E-state index is 13.4. The summed E-state index contributed by atoms with van der Waals surface area (Å²) in [6.45, 7) is 0. The highest BCUT2D eigenvalue weighted by Gasteiger charge is 2.45. The Labute approximate surface area is 187 Å². The molecule has 0 saturated carbocycles. The molecule has 4 rings (SSSR count). The van der Waals surface area contributed by atoms with Gasteiger partial charge >= 0.3 is 5.97 Å². The summed E-state index contributed by atoms with van der Waals surface area (Å²) in [5.41, 5.74) is 0. The molecule has 2 saturated heterocycles. The number of amides is 3. The van der Waals surface area contributed by atoms with Crippen molar-refractivity contribution in [3.8, 4) is 0 Å². The minimum atomic E-state index is -1.43. The van der Waals surface area contributed by atoms with Crippen molar-refractivity contribution in [3.05, 3.63) is 34.5 Å². The first kappa shape index (κ1) is 22.2. The van der Waals surface area contributed by atoms with Gasteiger partial charge in [0.25, 0.3) is 11.7 Å². The number of esters is 1. The molecule has 1 aromatic heterocycles. The summed E-state index contributed by atoms with van der Waals surface area (Å²) >= 11 is 1.14. The van der Waals surface area contributed by atoms with Crippen LogP contribution < -0.4 is 10.6 Å². The number of Topliss-reactive ketones (excluding diaryl/α,β-unsaturated/α-hetero) is 1. The first-order valence-electron chi connectivity index (χ1n) is 10.4. The molecule has 0 spiro atoms. The van der Waals surface area contributed by atoms with E-state index in [0.29, 0.717) is 19.3 Å². The fraction of sp³-hybridized carbons (Fsp3) is 0.476. The molecule has 3 N–H and O–H groups in total. The number of hydrogen-bond acceptors (Lipinski definition) is 8. The summed E-state index contributed by atoms with van der Waals surface area (Å²) in [4.78, 5) is 64.1. The van der Waals surface area contributed by atoms with Gasteiger partial charge in [0.15, 0.2) is 0 Å². The van der Waals surface area contributed by atoms with Crippen LogP contribution in [0.25, 0.3) is 0 Å². The standard InChI is InChI=1S/C21H23N3O7S/c25-16-10-13(21(30)31-16)23-18(27)14-8-7-11-4-1-2-5-12(20(29)24(11)14)22-19(28)17(26)15-6-3-9-32-15/h1-3,6,9,11-14,21,30H,4-5,7-8,10H2,(H,22,28)(H,23,27)/t11-,12+,13?,14+,21?/m1/s1. The molecule has 0 aliphatic carbocycles. The van der Waals surface area contributed by atoms with Gasteiger partial charge in [-0.1, -0.05) is 18.2 Å². The van der Waals surface area contributed by atoms with Crippen molar-refractivity contribution in [1.82, 2.24) is 15.5 Å². The first-order chi connectivity index (χ1) is 15.3. The number of hydrogen-bond donors (Lipinski definition) is 3. The van der Waals surface area contributed by atoms with Crippen LogP contribution in [0, 0.1) is 0 Å². The van der Waals surface area contributed by atoms with Gasteiger partial charge < -0.3 is 25.4 Å². The monoisotopic (exact) mass is 461 g/mol. The van der Waals surface area contributed by atoms with Crippen LogP contribution in [0.2, 0.25) is 0 Å². The van der Waals surface area contributed by atoms with Crippen molar-refractivity contribution in [1.29, 1.82) is 0 Å². The number of thiophene rings is 1. The minimum Gasteiger partial charge on any atom is -0.434 e. The number of fused-ring (bicyclic) bond motifs is 1. The lowest BCUT2D eigenvalue weighted by molar-refractivity contribution is -0.155. The molecule has 11 heteroatoms. The number of carbonyl (C=O) groups is 5. The quantitative estimate of drug-likeness (QED) is 0.240. The fourth-order valence-corrected chi connectivity index (χ4v) is 4.94. The molecule has 32 heavy (non-hydrogen) atoms. The predicted octanol–water partition coefficient (Wildman–Crippen LogP) is -0.125. The Morgan fingerprint density at radius 3 is 2.59 bits per heavy atom. The third-order valence-electron chi connectivity index (χ3n) is 5.87. The Balaban J connectivity index is 1.48. The van der Waals surface area contributed by atoms with Crippen molar-refractivity contribution in [2.75, 3.05) is 0 Å². The molecule has 0 bridgehead atoms. The molecule has 0 aromatic carbocycles. The number of ether oxygens (including phenoxy) is 1. The van der Waals surface area contributed by atoms with Crippen LogP contribution >= 0.6 is 11.3 Å². The zero-order valence-corrected chi connectivity index (χ0v) is 17.9. The number of nitrogens with zero attached hydrogens (tertiary/aromatic N) is 1. The van der Waals surface area contributed by atoms with E-state index >= 15 is 0 Å². The molecule has 3 aliphatic rings. The second kappa shape index (κ2) is 9.21. The maximum Gasteiger partial charge on any atom is 0.310 e. The van der Waals surface area contributed by atoms with Crippen molar-refractivity contribution in [2.24, 2.45) is 0 Å². The van der Waals surface area contributed by atoms with Crippen LogP contribution in [-0.2, 0) is 23.9 Å². The molecule has 170 valence electrons. The van der Waals surface area contributed by atoms with Crippen LogP contribution in [0.1, 0.15) is 41.8 Å². The smallest absolute Gasteiger partial charge is 0.310 e. The van der Waals surface area contributed by atoms with Gasteiger partial charge in [0.05, 0.1) is 11.3 Å². The molecular weight excluding hydrogens is 438 g/mol. The highest BCUT2D eigenvalue weighted by Crippen LogP contribution is 2.30. The van der Waals surface area contributed by atoms with E-state index in [1.807, 2.05) is 6.08 Å². The van der Waals surface area contributed by atoms with Gasteiger partial charge in [-0.25, -0.2) is 0 Å². The van der Waals surface area contributed by atoms with Crippen LogP contribution in [0.5, 0.6) is 0 Å². The van der Waals surface area contributed by atoms with Gasteiger partial charge in [-0.05, 0) is 37.1 Å². The Morgan fingerprint density at radius 2 is 1.91 bits per heavy atom. The summed E-state index contributed by atoms with van der Waals surface area (Å²) in [5, 5.41) is 16.6. The van der Waals surface area contributed by atoms with Crippen molar-refractivity contribution >= 4 is 40.8 Å². The molecule has 2 unspecified atom stereocenters. The lowest BCUT2D eigenvalue weighted by atomic mass is 10.0. The van der Waals surface area contributed by atoms with Crippen molar-refractivity contribution < 1.29 is 33.8 Å². The average Bonchev–Trinajstić information content (AvgIpc) is 3.48. The Morgan fingerprint density at radius 1 is 1.12 bits per heavy atom. The summed E-state index contributed by atoms with van der Waals surface area (Å²) in [6.07, 6.45) is 3.88. The lowest BCUT2D eigenvalue weighted by Crippen LogP contribution is -2.57.